The van der Waals surface area contributed by atoms with E-state index in [4.69, 9.17) is 0 Å². The van der Waals surface area contributed by atoms with Crippen LogP contribution in [-0.2, 0) is 5.41 Å². The molecule has 0 aliphatic heterocycles. The predicted octanol–water partition coefficient (Wildman–Crippen LogP) is 4.16. The molecule has 3 atom stereocenters. The minimum Gasteiger partial charge on any atom is -0.388 e. The van der Waals surface area contributed by atoms with Crippen LogP contribution in [0, 0.1) is 5.41 Å². The Bertz CT molecular complexity index is 700. The summed E-state index contributed by atoms with van der Waals surface area (Å²) in [6.07, 6.45) is -0.405. The van der Waals surface area contributed by atoms with Crippen molar-refractivity contribution in [2.45, 2.75) is 38.2 Å². The molecule has 1 N–H and O–H groups in total. The molecule has 0 radical (unpaired) electrons. The molecule has 0 spiro atoms. The van der Waals surface area contributed by atoms with Crippen LogP contribution in [0.5, 0.6) is 0 Å². The molecule has 20 heavy (non-hydrogen) atoms. The van der Waals surface area contributed by atoms with E-state index in [1.807, 2.05) is 6.07 Å². The third kappa shape index (κ3) is 1.10. The van der Waals surface area contributed by atoms with Crippen LogP contribution in [0.4, 0.5) is 0 Å². The fourth-order valence-corrected chi connectivity index (χ4v) is 4.72. The molecule has 1 nitrogen and oxygen atoms in total. The zero-order valence-electron chi connectivity index (χ0n) is 12.2. The molecule has 0 amide bonds. The van der Waals surface area contributed by atoms with E-state index in [-0.39, 0.29) is 16.7 Å². The van der Waals surface area contributed by atoms with Crippen LogP contribution in [-0.4, -0.2) is 5.11 Å². The van der Waals surface area contributed by atoms with Gasteiger partial charge in [0.15, 0.2) is 0 Å². The molecule has 0 heterocycles. The van der Waals surface area contributed by atoms with Gasteiger partial charge >= 0.3 is 0 Å². The van der Waals surface area contributed by atoms with Gasteiger partial charge in [-0.05, 0) is 27.7 Å². The van der Waals surface area contributed by atoms with Crippen molar-refractivity contribution >= 4 is 0 Å². The summed E-state index contributed by atoms with van der Waals surface area (Å²) in [4.78, 5) is 0. The van der Waals surface area contributed by atoms with Gasteiger partial charge in [-0.15, -0.1) is 0 Å². The molecule has 2 aliphatic carbocycles. The quantitative estimate of drug-likeness (QED) is 0.757. The van der Waals surface area contributed by atoms with E-state index >= 15 is 0 Å². The van der Waals surface area contributed by atoms with E-state index in [0.29, 0.717) is 0 Å². The first-order chi connectivity index (χ1) is 9.49. The summed E-state index contributed by atoms with van der Waals surface area (Å²) in [6.45, 7) is 6.95. The number of benzene rings is 2. The van der Waals surface area contributed by atoms with Gasteiger partial charge in [-0.1, -0.05) is 69.3 Å². The lowest BCUT2D eigenvalue weighted by Gasteiger charge is -2.49. The summed E-state index contributed by atoms with van der Waals surface area (Å²) in [5.74, 6) is 0.179. The van der Waals surface area contributed by atoms with E-state index < -0.39 is 6.10 Å². The van der Waals surface area contributed by atoms with Gasteiger partial charge in [-0.25, -0.2) is 0 Å². The van der Waals surface area contributed by atoms with Crippen LogP contribution in [0.1, 0.15) is 55.0 Å². The first-order valence-electron chi connectivity index (χ1n) is 7.36. The van der Waals surface area contributed by atoms with Gasteiger partial charge in [-0.3, -0.25) is 0 Å². The first kappa shape index (κ1) is 12.2. The summed E-state index contributed by atoms with van der Waals surface area (Å²) in [5.41, 5.74) is 5.10. The van der Waals surface area contributed by atoms with Gasteiger partial charge in [-0.2, -0.15) is 0 Å². The van der Waals surface area contributed by atoms with E-state index in [0.717, 1.165) is 5.56 Å². The van der Waals surface area contributed by atoms with E-state index in [2.05, 4.69) is 63.2 Å². The number of rotatable bonds is 0. The minimum absolute atomic E-state index is 0.0183. The molecular formula is C19H20O. The van der Waals surface area contributed by atoms with Gasteiger partial charge in [0, 0.05) is 11.3 Å². The molecule has 3 unspecified atom stereocenters. The number of aliphatic hydroxyl groups excluding tert-OH is 1. The van der Waals surface area contributed by atoms with Gasteiger partial charge in [0.05, 0.1) is 6.10 Å². The van der Waals surface area contributed by atoms with Crippen molar-refractivity contribution in [2.75, 3.05) is 0 Å². The Morgan fingerprint density at radius 3 is 1.95 bits per heavy atom. The average Bonchev–Trinajstić information content (AvgIpc) is 2.57. The molecular weight excluding hydrogens is 244 g/mol. The minimum atomic E-state index is -0.405. The van der Waals surface area contributed by atoms with E-state index in [1.54, 1.807) is 0 Å². The predicted molar refractivity (Wildman–Crippen MR) is 80.8 cm³/mol. The molecule has 102 valence electrons. The van der Waals surface area contributed by atoms with Crippen molar-refractivity contribution in [3.05, 3.63) is 70.8 Å². The molecule has 1 heteroatoms. The number of hydrogen-bond acceptors (Lipinski definition) is 1. The van der Waals surface area contributed by atoms with Crippen molar-refractivity contribution in [2.24, 2.45) is 5.41 Å². The van der Waals surface area contributed by atoms with E-state index in [1.165, 1.54) is 16.7 Å². The van der Waals surface area contributed by atoms with Crippen LogP contribution in [0.3, 0.4) is 0 Å². The Hall–Kier alpha value is -1.60. The number of hydrogen-bond donors (Lipinski definition) is 1. The van der Waals surface area contributed by atoms with Gasteiger partial charge in [0.2, 0.25) is 0 Å². The summed E-state index contributed by atoms with van der Waals surface area (Å²) >= 11 is 0. The van der Waals surface area contributed by atoms with Crippen LogP contribution in [0.2, 0.25) is 0 Å². The fraction of sp³-hybridized carbons (Fsp3) is 0.368. The fourth-order valence-electron chi connectivity index (χ4n) is 4.72. The van der Waals surface area contributed by atoms with Gasteiger partial charge in [0.25, 0.3) is 0 Å². The molecule has 0 fully saturated rings. The zero-order valence-corrected chi connectivity index (χ0v) is 12.2. The Morgan fingerprint density at radius 2 is 1.30 bits per heavy atom. The Kier molecular flexibility index (Phi) is 2.15. The second-order valence-electron chi connectivity index (χ2n) is 6.94. The number of fused-ring (bicyclic) bond motifs is 7. The van der Waals surface area contributed by atoms with Crippen LogP contribution < -0.4 is 0 Å². The third-order valence-corrected chi connectivity index (χ3v) is 6.03. The maximum absolute atomic E-state index is 10.9. The monoisotopic (exact) mass is 264 g/mol. The van der Waals surface area contributed by atoms with Crippen molar-refractivity contribution in [3.8, 4) is 0 Å². The average molecular weight is 264 g/mol. The normalized spacial score (nSPS) is 32.6. The molecule has 4 rings (SSSR count). The van der Waals surface area contributed by atoms with Crippen molar-refractivity contribution in [1.29, 1.82) is 0 Å². The largest absolute Gasteiger partial charge is 0.388 e. The highest BCUT2D eigenvalue weighted by Crippen LogP contribution is 2.68. The van der Waals surface area contributed by atoms with Crippen molar-refractivity contribution < 1.29 is 5.11 Å². The lowest BCUT2D eigenvalue weighted by Crippen LogP contribution is -2.44. The van der Waals surface area contributed by atoms with Crippen LogP contribution in [0.15, 0.2) is 48.5 Å². The Balaban J connectivity index is 2.16. The highest BCUT2D eigenvalue weighted by atomic mass is 16.3. The van der Waals surface area contributed by atoms with Crippen LogP contribution in [0.25, 0.3) is 0 Å². The molecule has 2 bridgehead atoms. The zero-order chi connectivity index (χ0) is 14.1. The second kappa shape index (κ2) is 3.53. The van der Waals surface area contributed by atoms with Crippen molar-refractivity contribution in [3.63, 3.8) is 0 Å². The lowest BCUT2D eigenvalue weighted by molar-refractivity contribution is 0.0450. The molecule has 2 aromatic carbocycles. The van der Waals surface area contributed by atoms with Gasteiger partial charge < -0.3 is 5.11 Å². The molecule has 0 saturated carbocycles. The highest BCUT2D eigenvalue weighted by Gasteiger charge is 2.61. The molecule has 0 saturated heterocycles. The first-order valence-corrected chi connectivity index (χ1v) is 7.36. The molecule has 2 aliphatic rings. The maximum atomic E-state index is 10.9. The topological polar surface area (TPSA) is 20.2 Å². The molecule has 0 aromatic heterocycles. The standard InChI is InChI=1S/C19H20O/c1-18(2)16-12-8-4-6-10-14(12)19(18,3)15-11-7-5-9-13(15)17(16)20/h4-11,16-17,20H,1-3H3. The highest BCUT2D eigenvalue weighted by molar-refractivity contribution is 5.59. The van der Waals surface area contributed by atoms with E-state index in [9.17, 15) is 5.11 Å². The Morgan fingerprint density at radius 1 is 0.800 bits per heavy atom. The molecule has 2 aromatic rings. The smallest absolute Gasteiger partial charge is 0.0867 e. The van der Waals surface area contributed by atoms with Crippen molar-refractivity contribution in [1.82, 2.24) is 0 Å². The Labute approximate surface area is 120 Å². The summed E-state index contributed by atoms with van der Waals surface area (Å²) in [6, 6.07) is 17.1. The van der Waals surface area contributed by atoms with Crippen LogP contribution >= 0.6 is 0 Å². The SMILES string of the molecule is CC12c3ccccc3C(O)C(c3ccccc31)C2(C)C. The second-order valence-corrected chi connectivity index (χ2v) is 6.94. The lowest BCUT2D eigenvalue weighted by atomic mass is 9.54. The summed E-state index contributed by atoms with van der Waals surface area (Å²) in [7, 11) is 0. The third-order valence-electron chi connectivity index (χ3n) is 6.03. The maximum Gasteiger partial charge on any atom is 0.0867 e. The summed E-state index contributed by atoms with van der Waals surface area (Å²) in [5, 5.41) is 10.9. The van der Waals surface area contributed by atoms with Gasteiger partial charge in [0.1, 0.15) is 0 Å². The summed E-state index contributed by atoms with van der Waals surface area (Å²) < 4.78 is 0. The number of aliphatic hydroxyl groups is 1.